The summed E-state index contributed by atoms with van der Waals surface area (Å²) < 4.78 is 39.9. The fraction of sp³-hybridized carbons (Fsp3) is 0.571. The van der Waals surface area contributed by atoms with Crippen molar-refractivity contribution < 1.29 is 12.8 Å². The van der Waals surface area contributed by atoms with Crippen molar-refractivity contribution in [2.75, 3.05) is 6.54 Å². The van der Waals surface area contributed by atoms with Crippen LogP contribution in [0.4, 0.5) is 4.39 Å². The standard InChI is InChI=1S/C14H19BrFNO2S/c1-14(2,3)20(18,19)17-8-4-5-13(17)11-7-6-10(16)9-12(11)15/h6-7,9,13H,4-5,8H2,1-3H3. The van der Waals surface area contributed by atoms with Gasteiger partial charge in [0, 0.05) is 11.0 Å². The normalized spacial score (nSPS) is 21.4. The minimum Gasteiger partial charge on any atom is -0.212 e. The number of rotatable bonds is 2. The van der Waals surface area contributed by atoms with Crippen LogP contribution >= 0.6 is 15.9 Å². The Bertz CT molecular complexity index is 610. The van der Waals surface area contributed by atoms with Crippen molar-refractivity contribution in [3.63, 3.8) is 0 Å². The number of hydrogen-bond donors (Lipinski definition) is 0. The van der Waals surface area contributed by atoms with Crippen molar-refractivity contribution in [3.8, 4) is 0 Å². The first-order valence-corrected chi connectivity index (χ1v) is 8.84. The summed E-state index contributed by atoms with van der Waals surface area (Å²) in [5.41, 5.74) is 0.830. The van der Waals surface area contributed by atoms with Gasteiger partial charge >= 0.3 is 0 Å². The Kier molecular flexibility index (Phi) is 4.29. The molecule has 1 fully saturated rings. The maximum Gasteiger partial charge on any atom is 0.219 e. The van der Waals surface area contributed by atoms with Crippen molar-refractivity contribution in [1.29, 1.82) is 0 Å². The Hall–Kier alpha value is -0.460. The lowest BCUT2D eigenvalue weighted by Crippen LogP contribution is -2.42. The summed E-state index contributed by atoms with van der Waals surface area (Å²) >= 11 is 3.34. The van der Waals surface area contributed by atoms with Crippen molar-refractivity contribution >= 4 is 26.0 Å². The first-order chi connectivity index (χ1) is 9.14. The molecule has 1 aromatic carbocycles. The fourth-order valence-corrected chi connectivity index (χ4v) is 4.70. The highest BCUT2D eigenvalue weighted by Gasteiger charge is 2.42. The minimum atomic E-state index is -3.38. The molecule has 112 valence electrons. The monoisotopic (exact) mass is 363 g/mol. The Morgan fingerprint density at radius 1 is 1.35 bits per heavy atom. The Morgan fingerprint density at radius 2 is 2.00 bits per heavy atom. The quantitative estimate of drug-likeness (QED) is 0.799. The molecule has 0 radical (unpaired) electrons. The summed E-state index contributed by atoms with van der Waals surface area (Å²) in [6.45, 7) is 5.64. The van der Waals surface area contributed by atoms with E-state index < -0.39 is 14.8 Å². The van der Waals surface area contributed by atoms with Crippen molar-refractivity contribution in [1.82, 2.24) is 4.31 Å². The SMILES string of the molecule is CC(C)(C)S(=O)(=O)N1CCCC1c1ccc(F)cc1Br. The maximum atomic E-state index is 13.2. The van der Waals surface area contributed by atoms with Gasteiger partial charge in [-0.15, -0.1) is 0 Å². The van der Waals surface area contributed by atoms with E-state index in [9.17, 15) is 12.8 Å². The molecule has 1 heterocycles. The second kappa shape index (κ2) is 5.39. The number of halogens is 2. The van der Waals surface area contributed by atoms with Gasteiger partial charge in [0.25, 0.3) is 0 Å². The zero-order valence-electron chi connectivity index (χ0n) is 11.9. The molecular formula is C14H19BrFNO2S. The van der Waals surface area contributed by atoms with Gasteiger partial charge in [0.1, 0.15) is 5.82 Å². The highest BCUT2D eigenvalue weighted by molar-refractivity contribution is 9.10. The molecule has 0 N–H and O–H groups in total. The van der Waals surface area contributed by atoms with Crippen molar-refractivity contribution in [3.05, 3.63) is 34.1 Å². The molecule has 1 saturated heterocycles. The second-order valence-electron chi connectivity index (χ2n) is 6.05. The lowest BCUT2D eigenvalue weighted by Gasteiger charge is -2.31. The molecule has 0 saturated carbocycles. The molecule has 0 bridgehead atoms. The molecule has 0 aromatic heterocycles. The van der Waals surface area contributed by atoms with E-state index in [-0.39, 0.29) is 11.9 Å². The molecule has 0 aliphatic carbocycles. The van der Waals surface area contributed by atoms with Gasteiger partial charge < -0.3 is 0 Å². The highest BCUT2D eigenvalue weighted by atomic mass is 79.9. The topological polar surface area (TPSA) is 37.4 Å². The number of nitrogens with zero attached hydrogens (tertiary/aromatic N) is 1. The smallest absolute Gasteiger partial charge is 0.212 e. The van der Waals surface area contributed by atoms with Crippen LogP contribution in [-0.4, -0.2) is 24.0 Å². The predicted molar refractivity (Wildman–Crippen MR) is 81.5 cm³/mol. The zero-order valence-corrected chi connectivity index (χ0v) is 14.3. The third-order valence-electron chi connectivity index (χ3n) is 3.61. The second-order valence-corrected chi connectivity index (χ2v) is 9.55. The summed E-state index contributed by atoms with van der Waals surface area (Å²) in [4.78, 5) is 0. The van der Waals surface area contributed by atoms with Crippen LogP contribution in [0.5, 0.6) is 0 Å². The van der Waals surface area contributed by atoms with Gasteiger partial charge in [-0.25, -0.2) is 12.8 Å². The summed E-state index contributed by atoms with van der Waals surface area (Å²) in [7, 11) is -3.38. The average molecular weight is 364 g/mol. The van der Waals surface area contributed by atoms with Gasteiger partial charge in [-0.1, -0.05) is 22.0 Å². The lowest BCUT2D eigenvalue weighted by molar-refractivity contribution is 0.380. The molecule has 1 aromatic rings. The van der Waals surface area contributed by atoms with Gasteiger partial charge in [0.05, 0.1) is 10.8 Å². The molecule has 3 nitrogen and oxygen atoms in total. The molecule has 6 heteroatoms. The number of sulfonamides is 1. The molecule has 2 rings (SSSR count). The van der Waals surface area contributed by atoms with Crippen LogP contribution in [-0.2, 0) is 10.0 Å². The average Bonchev–Trinajstić information content (AvgIpc) is 2.76. The van der Waals surface area contributed by atoms with Crippen LogP contribution in [0, 0.1) is 5.82 Å². The van der Waals surface area contributed by atoms with E-state index in [1.165, 1.54) is 12.1 Å². The third-order valence-corrected chi connectivity index (χ3v) is 6.90. The largest absolute Gasteiger partial charge is 0.219 e. The minimum absolute atomic E-state index is 0.214. The fourth-order valence-electron chi connectivity index (χ4n) is 2.46. The van der Waals surface area contributed by atoms with E-state index in [0.717, 1.165) is 18.4 Å². The lowest BCUT2D eigenvalue weighted by atomic mass is 10.1. The van der Waals surface area contributed by atoms with E-state index in [2.05, 4.69) is 15.9 Å². The van der Waals surface area contributed by atoms with Crippen LogP contribution < -0.4 is 0 Å². The number of hydrogen-bond acceptors (Lipinski definition) is 2. The van der Waals surface area contributed by atoms with Gasteiger partial charge in [-0.2, -0.15) is 4.31 Å². The van der Waals surface area contributed by atoms with Crippen LogP contribution in [0.2, 0.25) is 0 Å². The van der Waals surface area contributed by atoms with E-state index in [4.69, 9.17) is 0 Å². The zero-order chi connectivity index (χ0) is 15.1. The first-order valence-electron chi connectivity index (χ1n) is 6.61. The van der Waals surface area contributed by atoms with Gasteiger partial charge in [0.15, 0.2) is 0 Å². The van der Waals surface area contributed by atoms with Crippen LogP contribution in [0.3, 0.4) is 0 Å². The molecule has 1 aliphatic rings. The summed E-state index contributed by atoms with van der Waals surface area (Å²) in [5.74, 6) is -0.330. The Balaban J connectivity index is 2.42. The molecule has 20 heavy (non-hydrogen) atoms. The van der Waals surface area contributed by atoms with Gasteiger partial charge in [-0.3, -0.25) is 0 Å². The highest BCUT2D eigenvalue weighted by Crippen LogP contribution is 2.40. The summed E-state index contributed by atoms with van der Waals surface area (Å²) in [5, 5.41) is 0. The Morgan fingerprint density at radius 3 is 2.55 bits per heavy atom. The molecular weight excluding hydrogens is 345 g/mol. The van der Waals surface area contributed by atoms with Gasteiger partial charge in [-0.05, 0) is 51.3 Å². The summed E-state index contributed by atoms with van der Waals surface area (Å²) in [6.07, 6.45) is 1.59. The molecule has 1 aliphatic heterocycles. The van der Waals surface area contributed by atoms with E-state index in [0.29, 0.717) is 11.0 Å². The van der Waals surface area contributed by atoms with E-state index in [1.54, 1.807) is 31.1 Å². The van der Waals surface area contributed by atoms with E-state index in [1.807, 2.05) is 0 Å². The van der Waals surface area contributed by atoms with Gasteiger partial charge in [0.2, 0.25) is 10.0 Å². The number of benzene rings is 1. The molecule has 1 unspecified atom stereocenters. The van der Waals surface area contributed by atoms with Crippen molar-refractivity contribution in [2.24, 2.45) is 0 Å². The van der Waals surface area contributed by atoms with Crippen molar-refractivity contribution in [2.45, 2.75) is 44.4 Å². The summed E-state index contributed by atoms with van der Waals surface area (Å²) in [6, 6.07) is 4.21. The third kappa shape index (κ3) is 2.78. The molecule has 0 spiro atoms. The van der Waals surface area contributed by atoms with E-state index >= 15 is 0 Å². The van der Waals surface area contributed by atoms with Crippen LogP contribution in [0.1, 0.15) is 45.2 Å². The van der Waals surface area contributed by atoms with Crippen LogP contribution in [0.25, 0.3) is 0 Å². The molecule has 0 amide bonds. The maximum absolute atomic E-state index is 13.2. The Labute approximate surface area is 128 Å². The molecule has 1 atom stereocenters. The van der Waals surface area contributed by atoms with Crippen LogP contribution in [0.15, 0.2) is 22.7 Å². The first kappa shape index (κ1) is 15.9. The predicted octanol–water partition coefficient (Wildman–Crippen LogP) is 3.85.